The van der Waals surface area contributed by atoms with Crippen LogP contribution in [0.2, 0.25) is 0 Å². The van der Waals surface area contributed by atoms with E-state index in [0.717, 1.165) is 12.1 Å². The highest BCUT2D eigenvalue weighted by Crippen LogP contribution is 2.18. The van der Waals surface area contributed by atoms with Crippen LogP contribution in [-0.2, 0) is 6.42 Å². The van der Waals surface area contributed by atoms with Gasteiger partial charge in [-0.25, -0.2) is 0 Å². The predicted octanol–water partition coefficient (Wildman–Crippen LogP) is 3.78. The highest BCUT2D eigenvalue weighted by atomic mass is 14.5. The quantitative estimate of drug-likeness (QED) is 0.773. The molecular weight excluding hydrogens is 206 g/mol. The Hall–Kier alpha value is -1.76. The summed E-state index contributed by atoms with van der Waals surface area (Å²) < 4.78 is 0. The summed E-state index contributed by atoms with van der Waals surface area (Å²) in [7, 11) is 0. The molecule has 0 aliphatic carbocycles. The van der Waals surface area contributed by atoms with E-state index in [0.29, 0.717) is 0 Å². The highest BCUT2D eigenvalue weighted by Gasteiger charge is 2.02. The first-order valence-electron chi connectivity index (χ1n) is 5.97. The van der Waals surface area contributed by atoms with E-state index in [2.05, 4.69) is 45.0 Å². The molecule has 1 nitrogen and oxygen atoms in total. The standard InChI is InChI=1S/C16H19N/c1-11-8-15(9-12(2)13(11)3)10-14-4-6-16(17)7-5-14/h4-9H,10,17H2,1-3H3. The molecule has 0 amide bonds. The van der Waals surface area contributed by atoms with E-state index in [-0.39, 0.29) is 0 Å². The van der Waals surface area contributed by atoms with Crippen LogP contribution >= 0.6 is 0 Å². The SMILES string of the molecule is Cc1cc(Cc2ccc(N)cc2)cc(C)c1C. The molecule has 0 unspecified atom stereocenters. The van der Waals surface area contributed by atoms with Gasteiger partial charge < -0.3 is 5.73 Å². The van der Waals surface area contributed by atoms with Crippen molar-refractivity contribution in [2.75, 3.05) is 5.73 Å². The molecule has 2 aromatic rings. The molecule has 0 atom stereocenters. The van der Waals surface area contributed by atoms with Crippen LogP contribution in [0.15, 0.2) is 36.4 Å². The van der Waals surface area contributed by atoms with Gasteiger partial charge in [0, 0.05) is 5.69 Å². The van der Waals surface area contributed by atoms with Gasteiger partial charge in [0.15, 0.2) is 0 Å². The number of benzene rings is 2. The van der Waals surface area contributed by atoms with Crippen molar-refractivity contribution in [3.05, 3.63) is 64.2 Å². The third kappa shape index (κ3) is 2.68. The maximum Gasteiger partial charge on any atom is 0.0314 e. The number of hydrogen-bond acceptors (Lipinski definition) is 1. The lowest BCUT2D eigenvalue weighted by Gasteiger charge is -2.09. The number of nitrogen functional groups attached to an aromatic ring is 1. The van der Waals surface area contributed by atoms with E-state index in [1.807, 2.05) is 12.1 Å². The minimum absolute atomic E-state index is 0.824. The van der Waals surface area contributed by atoms with Crippen molar-refractivity contribution in [3.8, 4) is 0 Å². The molecule has 0 aliphatic rings. The first-order valence-corrected chi connectivity index (χ1v) is 5.97. The molecule has 17 heavy (non-hydrogen) atoms. The highest BCUT2D eigenvalue weighted by molar-refractivity contribution is 5.42. The molecule has 0 heterocycles. The average Bonchev–Trinajstić information content (AvgIpc) is 2.29. The normalized spacial score (nSPS) is 10.5. The van der Waals surface area contributed by atoms with Crippen LogP contribution in [0.1, 0.15) is 27.8 Å². The van der Waals surface area contributed by atoms with Gasteiger partial charge in [0.05, 0.1) is 0 Å². The van der Waals surface area contributed by atoms with Crippen molar-refractivity contribution < 1.29 is 0 Å². The van der Waals surface area contributed by atoms with Crippen LogP contribution in [0.4, 0.5) is 5.69 Å². The van der Waals surface area contributed by atoms with E-state index < -0.39 is 0 Å². The van der Waals surface area contributed by atoms with Gasteiger partial charge in [-0.3, -0.25) is 0 Å². The second-order valence-corrected chi connectivity index (χ2v) is 4.77. The molecule has 2 rings (SSSR count). The van der Waals surface area contributed by atoms with Crippen LogP contribution in [0, 0.1) is 20.8 Å². The smallest absolute Gasteiger partial charge is 0.0314 e. The summed E-state index contributed by atoms with van der Waals surface area (Å²) in [5.41, 5.74) is 13.3. The topological polar surface area (TPSA) is 26.0 Å². The van der Waals surface area contributed by atoms with Crippen molar-refractivity contribution in [3.63, 3.8) is 0 Å². The largest absolute Gasteiger partial charge is 0.399 e. The van der Waals surface area contributed by atoms with Gasteiger partial charge in [-0.1, -0.05) is 24.3 Å². The monoisotopic (exact) mass is 225 g/mol. The second-order valence-electron chi connectivity index (χ2n) is 4.77. The molecule has 2 aromatic carbocycles. The first-order chi connectivity index (χ1) is 8.06. The Morgan fingerprint density at radius 2 is 1.35 bits per heavy atom. The van der Waals surface area contributed by atoms with E-state index in [1.54, 1.807) is 0 Å². The van der Waals surface area contributed by atoms with Gasteiger partial charge in [-0.2, -0.15) is 0 Å². The molecule has 0 saturated heterocycles. The van der Waals surface area contributed by atoms with Crippen LogP contribution in [0.3, 0.4) is 0 Å². The Morgan fingerprint density at radius 3 is 1.88 bits per heavy atom. The van der Waals surface area contributed by atoms with Crippen LogP contribution < -0.4 is 5.73 Å². The molecule has 88 valence electrons. The van der Waals surface area contributed by atoms with Gasteiger partial charge in [-0.05, 0) is 67.1 Å². The van der Waals surface area contributed by atoms with Gasteiger partial charge in [0.2, 0.25) is 0 Å². The summed E-state index contributed by atoms with van der Waals surface area (Å²) in [4.78, 5) is 0. The molecule has 0 spiro atoms. The van der Waals surface area contributed by atoms with E-state index in [4.69, 9.17) is 5.73 Å². The van der Waals surface area contributed by atoms with Gasteiger partial charge in [-0.15, -0.1) is 0 Å². The summed E-state index contributed by atoms with van der Waals surface area (Å²) in [5.74, 6) is 0. The number of rotatable bonds is 2. The third-order valence-electron chi connectivity index (χ3n) is 3.37. The number of aryl methyl sites for hydroxylation is 2. The van der Waals surface area contributed by atoms with Crippen molar-refractivity contribution >= 4 is 5.69 Å². The van der Waals surface area contributed by atoms with Crippen molar-refractivity contribution in [2.24, 2.45) is 0 Å². The molecular formula is C16H19N. The number of anilines is 1. The minimum atomic E-state index is 0.824. The maximum absolute atomic E-state index is 5.69. The van der Waals surface area contributed by atoms with Gasteiger partial charge in [0.25, 0.3) is 0 Å². The van der Waals surface area contributed by atoms with Gasteiger partial charge in [0.1, 0.15) is 0 Å². The molecule has 2 N–H and O–H groups in total. The van der Waals surface area contributed by atoms with E-state index >= 15 is 0 Å². The summed E-state index contributed by atoms with van der Waals surface area (Å²) in [6.45, 7) is 6.53. The zero-order chi connectivity index (χ0) is 12.4. The van der Waals surface area contributed by atoms with Crippen molar-refractivity contribution in [1.82, 2.24) is 0 Å². The number of hydrogen-bond donors (Lipinski definition) is 1. The van der Waals surface area contributed by atoms with Crippen LogP contribution in [-0.4, -0.2) is 0 Å². The van der Waals surface area contributed by atoms with E-state index in [9.17, 15) is 0 Å². The fourth-order valence-corrected chi connectivity index (χ4v) is 2.10. The maximum atomic E-state index is 5.69. The lowest BCUT2D eigenvalue weighted by molar-refractivity contribution is 1.15. The zero-order valence-corrected chi connectivity index (χ0v) is 10.7. The first kappa shape index (κ1) is 11.7. The fraction of sp³-hybridized carbons (Fsp3) is 0.250. The Labute approximate surface area is 103 Å². The molecule has 1 heteroatoms. The van der Waals surface area contributed by atoms with Crippen LogP contribution in [0.25, 0.3) is 0 Å². The average molecular weight is 225 g/mol. The van der Waals surface area contributed by atoms with Crippen LogP contribution in [0.5, 0.6) is 0 Å². The Morgan fingerprint density at radius 1 is 0.824 bits per heavy atom. The molecule has 0 aliphatic heterocycles. The molecule has 0 radical (unpaired) electrons. The summed E-state index contributed by atoms with van der Waals surface area (Å²) in [6, 6.07) is 12.7. The predicted molar refractivity (Wildman–Crippen MR) is 74.3 cm³/mol. The Bertz CT molecular complexity index is 501. The van der Waals surface area contributed by atoms with Gasteiger partial charge >= 0.3 is 0 Å². The van der Waals surface area contributed by atoms with E-state index in [1.165, 1.54) is 27.8 Å². The third-order valence-corrected chi connectivity index (χ3v) is 3.37. The molecule has 0 saturated carbocycles. The summed E-state index contributed by atoms with van der Waals surface area (Å²) in [6.07, 6.45) is 0.974. The van der Waals surface area contributed by atoms with Crippen molar-refractivity contribution in [2.45, 2.75) is 27.2 Å². The molecule has 0 fully saturated rings. The Kier molecular flexibility index (Phi) is 3.19. The van der Waals surface area contributed by atoms with Crippen molar-refractivity contribution in [1.29, 1.82) is 0 Å². The molecule has 0 bridgehead atoms. The summed E-state index contributed by atoms with van der Waals surface area (Å²) >= 11 is 0. The zero-order valence-electron chi connectivity index (χ0n) is 10.7. The second kappa shape index (κ2) is 4.62. The Balaban J connectivity index is 2.27. The summed E-state index contributed by atoms with van der Waals surface area (Å²) in [5, 5.41) is 0. The molecule has 0 aromatic heterocycles. The number of nitrogens with two attached hydrogens (primary N) is 1. The lowest BCUT2D eigenvalue weighted by Crippen LogP contribution is -1.94. The fourth-order valence-electron chi connectivity index (χ4n) is 2.10. The minimum Gasteiger partial charge on any atom is -0.399 e. The lowest BCUT2D eigenvalue weighted by atomic mass is 9.97.